The monoisotopic (exact) mass is 262 g/mol. The quantitative estimate of drug-likeness (QED) is 0.719. The lowest BCUT2D eigenvalue weighted by molar-refractivity contribution is -0.133. The number of hydrogen-bond acceptors (Lipinski definition) is 3. The summed E-state index contributed by atoms with van der Waals surface area (Å²) in [4.78, 5) is 3.22. The first-order chi connectivity index (χ1) is 9.35. The molecule has 2 rings (SSSR count). The molecule has 2 aromatic rings. The summed E-state index contributed by atoms with van der Waals surface area (Å²) in [5, 5.41) is 4.65. The van der Waals surface area contributed by atoms with Gasteiger partial charge in [-0.3, -0.25) is 0 Å². The average molecular weight is 262 g/mol. The maximum atomic E-state index is 5.50. The second kappa shape index (κ2) is 7.28. The Balaban J connectivity index is 1.89. The van der Waals surface area contributed by atoms with Crippen LogP contribution in [0.4, 0.5) is 0 Å². The van der Waals surface area contributed by atoms with Gasteiger partial charge in [-0.25, -0.2) is 0 Å². The van der Waals surface area contributed by atoms with Crippen LogP contribution in [0.1, 0.15) is 19.4 Å². The highest BCUT2D eigenvalue weighted by Crippen LogP contribution is 2.16. The fourth-order valence-electron chi connectivity index (χ4n) is 2.17. The Labute approximate surface area is 114 Å². The molecule has 0 radical (unpaired) electrons. The van der Waals surface area contributed by atoms with Crippen molar-refractivity contribution in [3.8, 4) is 0 Å². The number of hydrogen-bond donors (Lipinski definition) is 2. The van der Waals surface area contributed by atoms with Crippen molar-refractivity contribution < 1.29 is 9.47 Å². The average Bonchev–Trinajstić information content (AvgIpc) is 2.88. The summed E-state index contributed by atoms with van der Waals surface area (Å²) in [7, 11) is 0. The van der Waals surface area contributed by atoms with Crippen LogP contribution in [-0.2, 0) is 16.0 Å². The van der Waals surface area contributed by atoms with Gasteiger partial charge in [-0.15, -0.1) is 0 Å². The Morgan fingerprint density at radius 2 is 1.95 bits per heavy atom. The lowest BCUT2D eigenvalue weighted by Gasteiger charge is -2.17. The van der Waals surface area contributed by atoms with E-state index in [0.29, 0.717) is 19.8 Å². The van der Waals surface area contributed by atoms with Crippen LogP contribution in [0.5, 0.6) is 0 Å². The lowest BCUT2D eigenvalue weighted by atomic mass is 10.1. The van der Waals surface area contributed by atoms with Gasteiger partial charge in [0.25, 0.3) is 0 Å². The summed E-state index contributed by atoms with van der Waals surface area (Å²) in [6.45, 7) is 6.80. The van der Waals surface area contributed by atoms with Gasteiger partial charge in [0.1, 0.15) is 0 Å². The molecule has 19 heavy (non-hydrogen) atoms. The molecule has 0 atom stereocenters. The van der Waals surface area contributed by atoms with Gasteiger partial charge in [0.15, 0.2) is 6.29 Å². The Kier molecular flexibility index (Phi) is 5.39. The molecule has 1 aromatic heterocycles. The third-order valence-electron chi connectivity index (χ3n) is 3.02. The summed E-state index contributed by atoms with van der Waals surface area (Å²) >= 11 is 0. The Hall–Kier alpha value is -1.36. The molecule has 0 aliphatic carbocycles. The summed E-state index contributed by atoms with van der Waals surface area (Å²) < 4.78 is 11.0. The van der Waals surface area contributed by atoms with E-state index in [1.807, 2.05) is 20.0 Å². The van der Waals surface area contributed by atoms with Gasteiger partial charge in [0.05, 0.1) is 0 Å². The first-order valence-corrected chi connectivity index (χ1v) is 6.84. The van der Waals surface area contributed by atoms with Crippen LogP contribution in [0, 0.1) is 0 Å². The molecule has 1 heterocycles. The zero-order chi connectivity index (χ0) is 13.5. The smallest absolute Gasteiger partial charge is 0.169 e. The van der Waals surface area contributed by atoms with Gasteiger partial charge < -0.3 is 19.8 Å². The van der Waals surface area contributed by atoms with Crippen molar-refractivity contribution in [3.05, 3.63) is 36.0 Å². The highest BCUT2D eigenvalue weighted by atomic mass is 16.7. The van der Waals surface area contributed by atoms with Crippen LogP contribution >= 0.6 is 0 Å². The van der Waals surface area contributed by atoms with Gasteiger partial charge in [0.2, 0.25) is 0 Å². The number of ether oxygens (including phenoxy) is 2. The number of nitrogens with one attached hydrogen (secondary N) is 2. The molecule has 4 nitrogen and oxygen atoms in total. The van der Waals surface area contributed by atoms with Crippen molar-refractivity contribution >= 4 is 10.9 Å². The van der Waals surface area contributed by atoms with Crippen LogP contribution in [-0.4, -0.2) is 31.0 Å². The molecule has 0 aliphatic rings. The fourth-order valence-corrected chi connectivity index (χ4v) is 2.17. The minimum absolute atomic E-state index is 0.166. The van der Waals surface area contributed by atoms with Gasteiger partial charge in [-0.05, 0) is 31.5 Å². The first kappa shape index (κ1) is 14.1. The van der Waals surface area contributed by atoms with Crippen LogP contribution in [0.2, 0.25) is 0 Å². The van der Waals surface area contributed by atoms with Crippen LogP contribution in [0.3, 0.4) is 0 Å². The van der Waals surface area contributed by atoms with Gasteiger partial charge in [-0.2, -0.15) is 0 Å². The van der Waals surface area contributed by atoms with Crippen molar-refractivity contribution in [3.63, 3.8) is 0 Å². The van der Waals surface area contributed by atoms with Crippen molar-refractivity contribution in [2.45, 2.75) is 26.7 Å². The molecule has 0 amide bonds. The first-order valence-electron chi connectivity index (χ1n) is 6.84. The van der Waals surface area contributed by atoms with E-state index in [-0.39, 0.29) is 6.29 Å². The predicted octanol–water partition coefficient (Wildman–Crippen LogP) is 2.66. The largest absolute Gasteiger partial charge is 0.361 e. The van der Waals surface area contributed by atoms with E-state index in [1.165, 1.54) is 16.5 Å². The second-order valence-electron chi connectivity index (χ2n) is 4.33. The standard InChI is InChI=1S/C15H22N2O2/c1-3-18-15(19-4-2)11-16-10-12-6-5-7-14-13(12)8-9-17-14/h5-9,15-17H,3-4,10-11H2,1-2H3. The third kappa shape index (κ3) is 3.80. The van der Waals surface area contributed by atoms with E-state index in [4.69, 9.17) is 9.47 Å². The number of aromatic nitrogens is 1. The molecule has 0 aliphatic heterocycles. The number of aromatic amines is 1. The Bertz CT molecular complexity index is 490. The molecule has 2 N–H and O–H groups in total. The third-order valence-corrected chi connectivity index (χ3v) is 3.02. The van der Waals surface area contributed by atoms with E-state index in [2.05, 4.69) is 34.6 Å². The maximum absolute atomic E-state index is 5.50. The highest BCUT2D eigenvalue weighted by molar-refractivity contribution is 5.82. The summed E-state index contributed by atoms with van der Waals surface area (Å²) in [5.74, 6) is 0. The van der Waals surface area contributed by atoms with Crippen molar-refractivity contribution in [1.29, 1.82) is 0 Å². The number of fused-ring (bicyclic) bond motifs is 1. The summed E-state index contributed by atoms with van der Waals surface area (Å²) in [5.41, 5.74) is 2.45. The van der Waals surface area contributed by atoms with Crippen LogP contribution < -0.4 is 5.32 Å². The van der Waals surface area contributed by atoms with Crippen LogP contribution in [0.25, 0.3) is 10.9 Å². The van der Waals surface area contributed by atoms with Gasteiger partial charge >= 0.3 is 0 Å². The van der Waals surface area contributed by atoms with Crippen molar-refractivity contribution in [2.24, 2.45) is 0 Å². The Morgan fingerprint density at radius 3 is 2.68 bits per heavy atom. The molecule has 0 saturated heterocycles. The molecule has 0 saturated carbocycles. The predicted molar refractivity (Wildman–Crippen MR) is 77.0 cm³/mol. The lowest BCUT2D eigenvalue weighted by Crippen LogP contribution is -2.31. The molecular weight excluding hydrogens is 240 g/mol. The molecular formula is C15H22N2O2. The molecule has 0 spiro atoms. The summed E-state index contributed by atoms with van der Waals surface area (Å²) in [6, 6.07) is 8.40. The zero-order valence-electron chi connectivity index (χ0n) is 11.6. The normalized spacial score (nSPS) is 11.5. The van der Waals surface area contributed by atoms with E-state index >= 15 is 0 Å². The van der Waals surface area contributed by atoms with Crippen molar-refractivity contribution in [1.82, 2.24) is 10.3 Å². The van der Waals surface area contributed by atoms with E-state index in [1.54, 1.807) is 0 Å². The zero-order valence-corrected chi connectivity index (χ0v) is 11.6. The summed E-state index contributed by atoms with van der Waals surface area (Å²) in [6.07, 6.45) is 1.80. The molecule has 1 aromatic carbocycles. The van der Waals surface area contributed by atoms with E-state index < -0.39 is 0 Å². The number of rotatable bonds is 8. The second-order valence-corrected chi connectivity index (χ2v) is 4.33. The van der Waals surface area contributed by atoms with Gasteiger partial charge in [-0.1, -0.05) is 12.1 Å². The fraction of sp³-hybridized carbons (Fsp3) is 0.467. The maximum Gasteiger partial charge on any atom is 0.169 e. The minimum atomic E-state index is -0.166. The van der Waals surface area contributed by atoms with Crippen molar-refractivity contribution in [2.75, 3.05) is 19.8 Å². The topological polar surface area (TPSA) is 46.3 Å². The number of H-pyrrole nitrogens is 1. The molecule has 0 unspecified atom stereocenters. The van der Waals surface area contributed by atoms with Crippen LogP contribution in [0.15, 0.2) is 30.5 Å². The van der Waals surface area contributed by atoms with E-state index in [9.17, 15) is 0 Å². The molecule has 4 heteroatoms. The SMILES string of the molecule is CCOC(CNCc1cccc2[nH]ccc12)OCC. The Morgan fingerprint density at radius 1 is 1.16 bits per heavy atom. The molecule has 0 bridgehead atoms. The molecule has 104 valence electrons. The molecule has 0 fully saturated rings. The number of benzene rings is 1. The highest BCUT2D eigenvalue weighted by Gasteiger charge is 2.07. The minimum Gasteiger partial charge on any atom is -0.361 e. The van der Waals surface area contributed by atoms with E-state index in [0.717, 1.165) is 6.54 Å². The van der Waals surface area contributed by atoms with Gasteiger partial charge in [0, 0.05) is 43.4 Å².